The van der Waals surface area contributed by atoms with Crippen molar-refractivity contribution < 1.29 is 18.7 Å². The topological polar surface area (TPSA) is 86.2 Å². The van der Waals surface area contributed by atoms with Gasteiger partial charge in [0.1, 0.15) is 28.2 Å². The van der Waals surface area contributed by atoms with Gasteiger partial charge in [0.25, 0.3) is 0 Å². The fourth-order valence-corrected chi connectivity index (χ4v) is 4.20. The van der Waals surface area contributed by atoms with Gasteiger partial charge in [0.15, 0.2) is 16.6 Å². The van der Waals surface area contributed by atoms with Crippen molar-refractivity contribution in [3.05, 3.63) is 35.4 Å². The molecular formula is C21H23FN4O3S. The van der Waals surface area contributed by atoms with Crippen molar-refractivity contribution >= 4 is 39.0 Å². The first-order chi connectivity index (χ1) is 14.5. The summed E-state index contributed by atoms with van der Waals surface area (Å²) in [6.07, 6.45) is 3.55. The van der Waals surface area contributed by atoms with Crippen molar-refractivity contribution in [3.8, 4) is 5.75 Å². The highest BCUT2D eigenvalue weighted by Gasteiger charge is 2.22. The average Bonchev–Trinajstić information content (AvgIpc) is 3.16. The maximum atomic E-state index is 13.7. The van der Waals surface area contributed by atoms with Crippen LogP contribution in [-0.2, 0) is 4.74 Å². The predicted molar refractivity (Wildman–Crippen MR) is 113 cm³/mol. The Morgan fingerprint density at radius 3 is 2.90 bits per heavy atom. The summed E-state index contributed by atoms with van der Waals surface area (Å²) in [7, 11) is 0. The Morgan fingerprint density at radius 2 is 2.13 bits per heavy atom. The SMILES string of the molecule is CC(C)Oc1cc(F)ccc1Nc1ncnc2sc(C(=O)CC3CCOCC3)nc12. The summed E-state index contributed by atoms with van der Waals surface area (Å²) in [6, 6.07) is 4.26. The van der Waals surface area contributed by atoms with E-state index in [0.717, 1.165) is 12.8 Å². The van der Waals surface area contributed by atoms with E-state index in [1.54, 1.807) is 6.07 Å². The summed E-state index contributed by atoms with van der Waals surface area (Å²) in [4.78, 5) is 26.4. The fourth-order valence-electron chi connectivity index (χ4n) is 3.34. The second-order valence-corrected chi connectivity index (χ2v) is 8.49. The largest absolute Gasteiger partial charge is 0.489 e. The minimum atomic E-state index is -0.390. The van der Waals surface area contributed by atoms with Gasteiger partial charge in [0.05, 0.1) is 11.8 Å². The molecule has 0 unspecified atom stereocenters. The lowest BCUT2D eigenvalue weighted by Gasteiger charge is -2.20. The van der Waals surface area contributed by atoms with Crippen molar-refractivity contribution in [2.45, 2.75) is 39.2 Å². The van der Waals surface area contributed by atoms with Crippen LogP contribution >= 0.6 is 11.3 Å². The van der Waals surface area contributed by atoms with E-state index in [-0.39, 0.29) is 11.9 Å². The van der Waals surface area contributed by atoms with Gasteiger partial charge in [-0.15, -0.1) is 0 Å². The Bertz CT molecular complexity index is 1050. The zero-order valence-corrected chi connectivity index (χ0v) is 17.7. The van der Waals surface area contributed by atoms with Gasteiger partial charge in [-0.05, 0) is 44.7 Å². The highest BCUT2D eigenvalue weighted by molar-refractivity contribution is 7.20. The van der Waals surface area contributed by atoms with E-state index in [1.165, 1.54) is 29.8 Å². The zero-order valence-electron chi connectivity index (χ0n) is 16.9. The number of nitrogens with zero attached hydrogens (tertiary/aromatic N) is 3. The number of carbonyl (C=O) groups is 1. The number of fused-ring (bicyclic) bond motifs is 1. The number of ketones is 1. The van der Waals surface area contributed by atoms with E-state index >= 15 is 0 Å². The minimum Gasteiger partial charge on any atom is -0.489 e. The van der Waals surface area contributed by atoms with Crippen LogP contribution in [0.1, 0.15) is 42.9 Å². The van der Waals surface area contributed by atoms with E-state index < -0.39 is 5.82 Å². The van der Waals surface area contributed by atoms with Crippen LogP contribution in [0.2, 0.25) is 0 Å². The van der Waals surface area contributed by atoms with Gasteiger partial charge in [-0.2, -0.15) is 0 Å². The lowest BCUT2D eigenvalue weighted by atomic mass is 9.94. The van der Waals surface area contributed by atoms with E-state index in [4.69, 9.17) is 9.47 Å². The molecule has 0 spiro atoms. The van der Waals surface area contributed by atoms with Gasteiger partial charge in [0, 0.05) is 25.7 Å². The lowest BCUT2D eigenvalue weighted by molar-refractivity contribution is 0.0601. The Hall–Kier alpha value is -2.65. The molecule has 0 saturated carbocycles. The molecule has 0 amide bonds. The molecule has 3 aromatic rings. The molecular weight excluding hydrogens is 407 g/mol. The first-order valence-corrected chi connectivity index (χ1v) is 10.8. The van der Waals surface area contributed by atoms with Gasteiger partial charge in [0.2, 0.25) is 0 Å². The molecule has 0 atom stereocenters. The average molecular weight is 431 g/mol. The number of ether oxygens (including phenoxy) is 2. The van der Waals surface area contributed by atoms with Crippen LogP contribution < -0.4 is 10.1 Å². The van der Waals surface area contributed by atoms with E-state index in [2.05, 4.69) is 20.3 Å². The summed E-state index contributed by atoms with van der Waals surface area (Å²) < 4.78 is 24.8. The molecule has 3 heterocycles. The number of rotatable bonds is 7. The van der Waals surface area contributed by atoms with Gasteiger partial charge in [-0.25, -0.2) is 19.3 Å². The maximum Gasteiger partial charge on any atom is 0.191 e. The summed E-state index contributed by atoms with van der Waals surface area (Å²) >= 11 is 1.26. The quantitative estimate of drug-likeness (QED) is 0.541. The summed E-state index contributed by atoms with van der Waals surface area (Å²) in [5.74, 6) is 0.779. The van der Waals surface area contributed by atoms with Gasteiger partial charge < -0.3 is 14.8 Å². The number of aromatic nitrogens is 3. The maximum absolute atomic E-state index is 13.7. The lowest BCUT2D eigenvalue weighted by Crippen LogP contribution is -2.18. The predicted octanol–water partition coefficient (Wildman–Crippen LogP) is 4.76. The molecule has 1 saturated heterocycles. The van der Waals surface area contributed by atoms with Crippen molar-refractivity contribution in [1.82, 2.24) is 15.0 Å². The molecule has 158 valence electrons. The van der Waals surface area contributed by atoms with Gasteiger partial charge in [-0.1, -0.05) is 11.3 Å². The Kier molecular flexibility index (Phi) is 6.19. The van der Waals surface area contributed by atoms with Crippen LogP contribution in [0.15, 0.2) is 24.5 Å². The molecule has 7 nitrogen and oxygen atoms in total. The normalized spacial score (nSPS) is 14.9. The van der Waals surface area contributed by atoms with E-state index in [1.807, 2.05) is 13.8 Å². The summed E-state index contributed by atoms with van der Waals surface area (Å²) in [5, 5.41) is 3.58. The van der Waals surface area contributed by atoms with Crippen LogP contribution in [0.3, 0.4) is 0 Å². The molecule has 1 aromatic carbocycles. The third-order valence-electron chi connectivity index (χ3n) is 4.81. The van der Waals surface area contributed by atoms with Crippen LogP contribution in [0, 0.1) is 11.7 Å². The monoisotopic (exact) mass is 430 g/mol. The van der Waals surface area contributed by atoms with E-state index in [0.29, 0.717) is 58.2 Å². The van der Waals surface area contributed by atoms with Crippen LogP contribution in [0.4, 0.5) is 15.9 Å². The second-order valence-electron chi connectivity index (χ2n) is 7.51. The van der Waals surface area contributed by atoms with Crippen molar-refractivity contribution in [3.63, 3.8) is 0 Å². The van der Waals surface area contributed by atoms with Gasteiger partial charge in [-0.3, -0.25) is 4.79 Å². The molecule has 1 fully saturated rings. The molecule has 0 bridgehead atoms. The first kappa shape index (κ1) is 20.6. The Morgan fingerprint density at radius 1 is 1.33 bits per heavy atom. The smallest absolute Gasteiger partial charge is 0.191 e. The number of Topliss-reactive ketones (excluding diaryl/α,β-unsaturated/α-hetero) is 1. The third kappa shape index (κ3) is 4.73. The highest BCUT2D eigenvalue weighted by Crippen LogP contribution is 2.33. The zero-order chi connectivity index (χ0) is 21.1. The third-order valence-corrected chi connectivity index (χ3v) is 5.81. The number of benzene rings is 1. The fraction of sp³-hybridized carbons (Fsp3) is 0.429. The molecule has 2 aromatic heterocycles. The highest BCUT2D eigenvalue weighted by atomic mass is 32.1. The molecule has 0 radical (unpaired) electrons. The molecule has 1 aliphatic heterocycles. The van der Waals surface area contributed by atoms with Crippen LogP contribution in [-0.4, -0.2) is 40.1 Å². The second kappa shape index (κ2) is 9.01. The Balaban J connectivity index is 1.59. The number of nitrogens with one attached hydrogen (secondary N) is 1. The number of carbonyl (C=O) groups excluding carboxylic acids is 1. The number of anilines is 2. The molecule has 1 N–H and O–H groups in total. The number of hydrogen-bond donors (Lipinski definition) is 1. The molecule has 4 rings (SSSR count). The standard InChI is InChI=1S/C21H23FN4O3S/c1-12(2)29-17-10-14(22)3-4-15(17)25-19-18-21(24-11-23-19)30-20(26-18)16(27)9-13-5-7-28-8-6-13/h3-4,10-13H,5-9H2,1-2H3,(H,23,24,25). The summed E-state index contributed by atoms with van der Waals surface area (Å²) in [5.41, 5.74) is 1.07. The van der Waals surface area contributed by atoms with E-state index in [9.17, 15) is 9.18 Å². The van der Waals surface area contributed by atoms with Crippen molar-refractivity contribution in [1.29, 1.82) is 0 Å². The van der Waals surface area contributed by atoms with Crippen molar-refractivity contribution in [2.75, 3.05) is 18.5 Å². The van der Waals surface area contributed by atoms with Crippen LogP contribution in [0.25, 0.3) is 10.3 Å². The minimum absolute atomic E-state index is 0.0152. The molecule has 30 heavy (non-hydrogen) atoms. The van der Waals surface area contributed by atoms with Crippen molar-refractivity contribution in [2.24, 2.45) is 5.92 Å². The number of halogens is 1. The molecule has 0 aliphatic carbocycles. The van der Waals surface area contributed by atoms with Gasteiger partial charge >= 0.3 is 0 Å². The molecule has 1 aliphatic rings. The molecule has 9 heteroatoms. The van der Waals surface area contributed by atoms with Crippen LogP contribution in [0.5, 0.6) is 5.75 Å². The number of thiazole rings is 1. The first-order valence-electron chi connectivity index (χ1n) is 9.95. The summed E-state index contributed by atoms with van der Waals surface area (Å²) in [6.45, 7) is 5.15. The Labute approximate surface area is 177 Å². The number of hydrogen-bond acceptors (Lipinski definition) is 8.